The zero-order valence-corrected chi connectivity index (χ0v) is 15.5. The number of benzene rings is 2. The maximum Gasteiger partial charge on any atom is 0.274 e. The van der Waals surface area contributed by atoms with Crippen LogP contribution in [0.3, 0.4) is 0 Å². The number of hydrogen-bond acceptors (Lipinski definition) is 5. The van der Waals surface area contributed by atoms with E-state index in [1.165, 1.54) is 11.3 Å². The van der Waals surface area contributed by atoms with E-state index in [1.807, 2.05) is 49.4 Å². The fourth-order valence-electron chi connectivity index (χ4n) is 2.88. The molecule has 2 heterocycles. The van der Waals surface area contributed by atoms with Crippen LogP contribution in [0.2, 0.25) is 0 Å². The highest BCUT2D eigenvalue weighted by molar-refractivity contribution is 7.15. The number of imidazole rings is 1. The zero-order chi connectivity index (χ0) is 18.8. The van der Waals surface area contributed by atoms with Crippen LogP contribution < -0.4 is 19.6 Å². The number of nitrogens with zero attached hydrogens (tertiary/aromatic N) is 2. The first-order valence-corrected chi connectivity index (χ1v) is 9.27. The molecule has 0 fully saturated rings. The second-order valence-corrected chi connectivity index (χ2v) is 6.78. The molecule has 2 aromatic carbocycles. The lowest BCUT2D eigenvalue weighted by molar-refractivity contribution is 0.299. The van der Waals surface area contributed by atoms with Crippen LogP contribution in [0.5, 0.6) is 11.5 Å². The molecule has 0 aliphatic rings. The lowest BCUT2D eigenvalue weighted by Crippen LogP contribution is -2.22. The molecule has 0 atom stereocenters. The van der Waals surface area contributed by atoms with Gasteiger partial charge in [-0.25, -0.2) is 9.38 Å². The van der Waals surface area contributed by atoms with Gasteiger partial charge >= 0.3 is 0 Å². The minimum Gasteiger partial charge on any atom is -0.490 e. The van der Waals surface area contributed by atoms with Gasteiger partial charge in [-0.2, -0.15) is 0 Å². The van der Waals surface area contributed by atoms with E-state index in [4.69, 9.17) is 15.9 Å². The van der Waals surface area contributed by atoms with Crippen LogP contribution in [0.15, 0.2) is 47.3 Å². The van der Waals surface area contributed by atoms with Crippen molar-refractivity contribution in [1.29, 1.82) is 0 Å². The Kier molecular flexibility index (Phi) is 4.53. The van der Waals surface area contributed by atoms with Crippen molar-refractivity contribution in [3.8, 4) is 23.8 Å². The Morgan fingerprint density at radius 3 is 2.89 bits per heavy atom. The minimum atomic E-state index is -0.0747. The van der Waals surface area contributed by atoms with Gasteiger partial charge in [0.05, 0.1) is 22.2 Å². The predicted molar refractivity (Wildman–Crippen MR) is 108 cm³/mol. The van der Waals surface area contributed by atoms with Gasteiger partial charge in [-0.1, -0.05) is 35.5 Å². The van der Waals surface area contributed by atoms with Crippen molar-refractivity contribution < 1.29 is 9.47 Å². The van der Waals surface area contributed by atoms with E-state index in [0.29, 0.717) is 27.6 Å². The quantitative estimate of drug-likeness (QED) is 0.503. The summed E-state index contributed by atoms with van der Waals surface area (Å²) in [6.07, 6.45) is 7.09. The average Bonchev–Trinajstić information content (AvgIpc) is 3.18. The highest BCUT2D eigenvalue weighted by atomic mass is 32.1. The number of para-hydroxylation sites is 2. The molecule has 134 valence electrons. The molecule has 27 heavy (non-hydrogen) atoms. The number of hydrogen-bond donors (Lipinski definition) is 0. The second-order valence-electron chi connectivity index (χ2n) is 5.77. The molecule has 0 amide bonds. The standard InChI is InChI=1S/C21H16N2O3S/c1-3-11-26-17-10-9-14(12-18(17)25-4-2)13-19-20(24)23-16-8-6-5-7-15(16)22-21(23)27-19/h1,5-10,12-13H,4,11H2,2H3. The monoisotopic (exact) mass is 376 g/mol. The molecule has 0 unspecified atom stereocenters. The normalized spacial score (nSPS) is 11.8. The number of ether oxygens (including phenoxy) is 2. The first-order valence-electron chi connectivity index (χ1n) is 8.46. The van der Waals surface area contributed by atoms with Gasteiger partial charge in [0, 0.05) is 0 Å². The lowest BCUT2D eigenvalue weighted by atomic mass is 10.2. The third-order valence-electron chi connectivity index (χ3n) is 4.02. The molecule has 4 aromatic rings. The van der Waals surface area contributed by atoms with Crippen LogP contribution >= 0.6 is 11.3 Å². The molecular weight excluding hydrogens is 360 g/mol. The third-order valence-corrected chi connectivity index (χ3v) is 4.99. The molecule has 0 N–H and O–H groups in total. The van der Waals surface area contributed by atoms with Gasteiger partial charge in [-0.3, -0.25) is 4.79 Å². The van der Waals surface area contributed by atoms with E-state index in [-0.39, 0.29) is 12.2 Å². The molecule has 0 saturated heterocycles. The van der Waals surface area contributed by atoms with E-state index in [1.54, 1.807) is 10.5 Å². The van der Waals surface area contributed by atoms with Gasteiger partial charge in [0.25, 0.3) is 5.56 Å². The van der Waals surface area contributed by atoms with E-state index in [2.05, 4.69) is 10.9 Å². The maximum atomic E-state index is 12.9. The van der Waals surface area contributed by atoms with Crippen LogP contribution in [0.4, 0.5) is 0 Å². The summed E-state index contributed by atoms with van der Waals surface area (Å²) in [5, 5.41) is 0. The highest BCUT2D eigenvalue weighted by Gasteiger charge is 2.11. The SMILES string of the molecule is C#CCOc1ccc(C=c2sc3nc4ccccc4n3c2=O)cc1OCC. The van der Waals surface area contributed by atoms with Crippen molar-refractivity contribution in [2.75, 3.05) is 13.2 Å². The van der Waals surface area contributed by atoms with Crippen molar-refractivity contribution in [2.24, 2.45) is 0 Å². The highest BCUT2D eigenvalue weighted by Crippen LogP contribution is 2.28. The topological polar surface area (TPSA) is 52.8 Å². The van der Waals surface area contributed by atoms with Crippen LogP contribution in [0.1, 0.15) is 12.5 Å². The molecule has 0 spiro atoms. The van der Waals surface area contributed by atoms with Crippen molar-refractivity contribution in [1.82, 2.24) is 9.38 Å². The first-order chi connectivity index (χ1) is 13.2. The summed E-state index contributed by atoms with van der Waals surface area (Å²) in [5.41, 5.74) is 2.41. The molecule has 0 saturated carbocycles. The van der Waals surface area contributed by atoms with Gasteiger partial charge in [-0.05, 0) is 42.8 Å². The van der Waals surface area contributed by atoms with Crippen molar-refractivity contribution in [3.05, 3.63) is 62.9 Å². The fraction of sp³-hybridized carbons (Fsp3) is 0.143. The van der Waals surface area contributed by atoms with Crippen molar-refractivity contribution >= 4 is 33.4 Å². The number of fused-ring (bicyclic) bond motifs is 3. The Labute approximate surface area is 159 Å². The summed E-state index contributed by atoms with van der Waals surface area (Å²) in [7, 11) is 0. The molecule has 0 bridgehead atoms. The minimum absolute atomic E-state index is 0.0747. The summed E-state index contributed by atoms with van der Waals surface area (Å²) in [6.45, 7) is 2.57. The van der Waals surface area contributed by atoms with E-state index in [0.717, 1.165) is 16.6 Å². The Hall–Kier alpha value is -3.30. The van der Waals surface area contributed by atoms with Gasteiger partial charge in [0.1, 0.15) is 6.61 Å². The molecule has 2 aromatic heterocycles. The summed E-state index contributed by atoms with van der Waals surface area (Å²) in [6, 6.07) is 13.1. The maximum absolute atomic E-state index is 12.9. The zero-order valence-electron chi connectivity index (χ0n) is 14.6. The number of aromatic nitrogens is 2. The second kappa shape index (κ2) is 7.14. The fourth-order valence-corrected chi connectivity index (χ4v) is 3.87. The number of thiazole rings is 1. The molecule has 0 aliphatic carbocycles. The molecular formula is C21H16N2O3S. The largest absolute Gasteiger partial charge is 0.490 e. The lowest BCUT2D eigenvalue weighted by Gasteiger charge is -2.10. The van der Waals surface area contributed by atoms with Gasteiger partial charge in [0.15, 0.2) is 16.5 Å². The predicted octanol–water partition coefficient (Wildman–Crippen LogP) is 2.87. The average molecular weight is 376 g/mol. The van der Waals surface area contributed by atoms with Crippen LogP contribution in [-0.2, 0) is 0 Å². The van der Waals surface area contributed by atoms with E-state index >= 15 is 0 Å². The smallest absolute Gasteiger partial charge is 0.274 e. The summed E-state index contributed by atoms with van der Waals surface area (Å²) < 4.78 is 13.4. The molecule has 0 radical (unpaired) electrons. The van der Waals surface area contributed by atoms with Gasteiger partial charge < -0.3 is 9.47 Å². The Balaban J connectivity index is 1.81. The Bertz CT molecular complexity index is 1280. The Morgan fingerprint density at radius 2 is 2.07 bits per heavy atom. The van der Waals surface area contributed by atoms with Crippen LogP contribution in [0, 0.1) is 12.3 Å². The molecule has 6 heteroatoms. The van der Waals surface area contributed by atoms with Crippen molar-refractivity contribution in [2.45, 2.75) is 6.92 Å². The van der Waals surface area contributed by atoms with Gasteiger partial charge in [-0.15, -0.1) is 6.42 Å². The summed E-state index contributed by atoms with van der Waals surface area (Å²) in [4.78, 5) is 18.1. The van der Waals surface area contributed by atoms with Gasteiger partial charge in [0.2, 0.25) is 0 Å². The van der Waals surface area contributed by atoms with Crippen molar-refractivity contribution in [3.63, 3.8) is 0 Å². The van der Waals surface area contributed by atoms with Crippen LogP contribution in [-0.4, -0.2) is 22.6 Å². The number of terminal acetylenes is 1. The first kappa shape index (κ1) is 17.1. The molecule has 0 aliphatic heterocycles. The Morgan fingerprint density at radius 1 is 1.22 bits per heavy atom. The summed E-state index contributed by atoms with van der Waals surface area (Å²) in [5.74, 6) is 3.62. The molecule has 5 nitrogen and oxygen atoms in total. The van der Waals surface area contributed by atoms with E-state index < -0.39 is 0 Å². The number of rotatable bonds is 5. The van der Waals surface area contributed by atoms with Crippen LogP contribution in [0.25, 0.3) is 22.1 Å². The third kappa shape index (κ3) is 3.14. The molecule has 4 rings (SSSR count). The van der Waals surface area contributed by atoms with E-state index in [9.17, 15) is 4.79 Å². The summed E-state index contributed by atoms with van der Waals surface area (Å²) >= 11 is 1.37.